The maximum atomic E-state index is 13.8. The van der Waals surface area contributed by atoms with Crippen LogP contribution in [0.2, 0.25) is 0 Å². The summed E-state index contributed by atoms with van der Waals surface area (Å²) in [6.07, 6.45) is 0. The Bertz CT molecular complexity index is 1040. The van der Waals surface area contributed by atoms with Crippen LogP contribution in [-0.2, 0) is 10.0 Å². The molecule has 0 saturated heterocycles. The van der Waals surface area contributed by atoms with Crippen molar-refractivity contribution in [2.24, 2.45) is 0 Å². The van der Waals surface area contributed by atoms with E-state index in [2.05, 4.69) is 10.0 Å². The second-order valence-corrected chi connectivity index (χ2v) is 7.05. The van der Waals surface area contributed by atoms with E-state index in [1.54, 1.807) is 36.4 Å². The first-order chi connectivity index (χ1) is 12.5. The Labute approximate surface area is 150 Å². The molecule has 3 rings (SSSR count). The molecular weight excluding hydrogens is 355 g/mol. The van der Waals surface area contributed by atoms with Crippen LogP contribution >= 0.6 is 0 Å². The van der Waals surface area contributed by atoms with Crippen molar-refractivity contribution in [3.63, 3.8) is 0 Å². The van der Waals surface area contributed by atoms with Crippen molar-refractivity contribution in [3.8, 4) is 0 Å². The minimum atomic E-state index is -4.15. The SMILES string of the molecule is O=C(Nc1ccccc1)c1ccccc1S(=O)(=O)Nc1ccccc1F. The summed E-state index contributed by atoms with van der Waals surface area (Å²) >= 11 is 0. The van der Waals surface area contributed by atoms with Crippen LogP contribution in [0, 0.1) is 5.82 Å². The summed E-state index contributed by atoms with van der Waals surface area (Å²) in [7, 11) is -4.15. The third kappa shape index (κ3) is 3.89. The molecule has 7 heteroatoms. The summed E-state index contributed by atoms with van der Waals surface area (Å²) in [6.45, 7) is 0. The molecule has 3 aromatic rings. The van der Waals surface area contributed by atoms with Gasteiger partial charge in [0.25, 0.3) is 15.9 Å². The van der Waals surface area contributed by atoms with Gasteiger partial charge in [0.1, 0.15) is 10.7 Å². The van der Waals surface area contributed by atoms with Gasteiger partial charge >= 0.3 is 0 Å². The van der Waals surface area contributed by atoms with E-state index in [1.165, 1.54) is 36.4 Å². The van der Waals surface area contributed by atoms with E-state index in [4.69, 9.17) is 0 Å². The van der Waals surface area contributed by atoms with Gasteiger partial charge in [-0.05, 0) is 36.4 Å². The van der Waals surface area contributed by atoms with Gasteiger partial charge in [0.15, 0.2) is 0 Å². The second kappa shape index (κ2) is 7.37. The Morgan fingerprint density at radius 2 is 1.42 bits per heavy atom. The zero-order valence-corrected chi connectivity index (χ0v) is 14.3. The summed E-state index contributed by atoms with van der Waals surface area (Å²) in [5.41, 5.74) is 0.303. The van der Waals surface area contributed by atoms with E-state index < -0.39 is 21.7 Å². The number of nitrogens with one attached hydrogen (secondary N) is 2. The number of amides is 1. The molecule has 26 heavy (non-hydrogen) atoms. The van der Waals surface area contributed by atoms with Crippen molar-refractivity contribution in [1.82, 2.24) is 0 Å². The molecule has 0 unspecified atom stereocenters. The normalized spacial score (nSPS) is 11.0. The number of hydrogen-bond donors (Lipinski definition) is 2. The molecule has 0 saturated carbocycles. The van der Waals surface area contributed by atoms with Crippen molar-refractivity contribution in [1.29, 1.82) is 0 Å². The minimum Gasteiger partial charge on any atom is -0.322 e. The number of halogens is 1. The largest absolute Gasteiger partial charge is 0.322 e. The topological polar surface area (TPSA) is 75.3 Å². The number of carbonyl (C=O) groups is 1. The molecule has 0 atom stereocenters. The maximum absolute atomic E-state index is 13.8. The maximum Gasteiger partial charge on any atom is 0.262 e. The van der Waals surface area contributed by atoms with Gasteiger partial charge in [-0.3, -0.25) is 9.52 Å². The first-order valence-corrected chi connectivity index (χ1v) is 9.18. The Kier molecular flexibility index (Phi) is 4.99. The highest BCUT2D eigenvalue weighted by Gasteiger charge is 2.23. The van der Waals surface area contributed by atoms with Crippen molar-refractivity contribution in [2.45, 2.75) is 4.90 Å². The number of benzene rings is 3. The molecule has 0 aliphatic rings. The van der Waals surface area contributed by atoms with Gasteiger partial charge in [-0.1, -0.05) is 42.5 Å². The van der Waals surface area contributed by atoms with E-state index in [0.29, 0.717) is 5.69 Å². The zero-order valence-electron chi connectivity index (χ0n) is 13.5. The molecule has 132 valence electrons. The fraction of sp³-hybridized carbons (Fsp3) is 0. The summed E-state index contributed by atoms with van der Waals surface area (Å²) in [4.78, 5) is 12.3. The van der Waals surface area contributed by atoms with Crippen LogP contribution in [0.5, 0.6) is 0 Å². The van der Waals surface area contributed by atoms with Crippen LogP contribution in [0.3, 0.4) is 0 Å². The number of sulfonamides is 1. The number of carbonyl (C=O) groups excluding carboxylic acids is 1. The molecular formula is C19H15FN2O3S. The molecule has 2 N–H and O–H groups in total. The van der Waals surface area contributed by atoms with Gasteiger partial charge in [-0.15, -0.1) is 0 Å². The lowest BCUT2D eigenvalue weighted by Gasteiger charge is -2.13. The van der Waals surface area contributed by atoms with Crippen LogP contribution in [-0.4, -0.2) is 14.3 Å². The molecule has 1 amide bonds. The van der Waals surface area contributed by atoms with Crippen LogP contribution in [0.4, 0.5) is 15.8 Å². The highest BCUT2D eigenvalue weighted by molar-refractivity contribution is 7.92. The Morgan fingerprint density at radius 1 is 0.808 bits per heavy atom. The van der Waals surface area contributed by atoms with Gasteiger partial charge in [0, 0.05) is 5.69 Å². The lowest BCUT2D eigenvalue weighted by molar-refractivity contribution is 0.102. The fourth-order valence-corrected chi connectivity index (χ4v) is 3.63. The van der Waals surface area contributed by atoms with Crippen LogP contribution in [0.15, 0.2) is 83.8 Å². The third-order valence-corrected chi connectivity index (χ3v) is 4.99. The molecule has 0 bridgehead atoms. The predicted octanol–water partition coefficient (Wildman–Crippen LogP) is 3.88. The van der Waals surface area contributed by atoms with Gasteiger partial charge in [0.05, 0.1) is 11.3 Å². The first kappa shape index (κ1) is 17.6. The van der Waals surface area contributed by atoms with Crippen molar-refractivity contribution >= 4 is 27.3 Å². The Balaban J connectivity index is 1.93. The molecule has 0 heterocycles. The van der Waals surface area contributed by atoms with E-state index in [9.17, 15) is 17.6 Å². The summed E-state index contributed by atoms with van der Waals surface area (Å²) in [5, 5.41) is 2.64. The van der Waals surface area contributed by atoms with Crippen molar-refractivity contribution < 1.29 is 17.6 Å². The molecule has 0 fully saturated rings. The van der Waals surface area contributed by atoms with Crippen LogP contribution in [0.25, 0.3) is 0 Å². The zero-order chi connectivity index (χ0) is 18.6. The second-order valence-electron chi connectivity index (χ2n) is 5.40. The minimum absolute atomic E-state index is 0.0415. The number of rotatable bonds is 5. The van der Waals surface area contributed by atoms with E-state index in [-0.39, 0.29) is 16.1 Å². The molecule has 0 aromatic heterocycles. The van der Waals surface area contributed by atoms with Gasteiger partial charge in [-0.25, -0.2) is 12.8 Å². The van der Waals surface area contributed by atoms with E-state index in [0.717, 1.165) is 6.07 Å². The van der Waals surface area contributed by atoms with Gasteiger partial charge in [0.2, 0.25) is 0 Å². The molecule has 3 aromatic carbocycles. The molecule has 5 nitrogen and oxygen atoms in total. The van der Waals surface area contributed by atoms with Crippen LogP contribution in [0.1, 0.15) is 10.4 Å². The average Bonchev–Trinajstić information content (AvgIpc) is 2.64. The van der Waals surface area contributed by atoms with Gasteiger partial charge < -0.3 is 5.32 Å². The highest BCUT2D eigenvalue weighted by atomic mass is 32.2. The molecule has 0 aliphatic carbocycles. The van der Waals surface area contributed by atoms with Gasteiger partial charge in [-0.2, -0.15) is 0 Å². The highest BCUT2D eigenvalue weighted by Crippen LogP contribution is 2.22. The summed E-state index contributed by atoms with van der Waals surface area (Å²) in [5.74, 6) is -1.28. The lowest BCUT2D eigenvalue weighted by atomic mass is 10.2. The van der Waals surface area contributed by atoms with E-state index >= 15 is 0 Å². The molecule has 0 radical (unpaired) electrons. The number of hydrogen-bond acceptors (Lipinski definition) is 3. The van der Waals surface area contributed by atoms with Crippen molar-refractivity contribution in [2.75, 3.05) is 10.0 Å². The predicted molar refractivity (Wildman–Crippen MR) is 98.0 cm³/mol. The lowest BCUT2D eigenvalue weighted by Crippen LogP contribution is -2.20. The molecule has 0 aliphatic heterocycles. The Morgan fingerprint density at radius 3 is 2.15 bits per heavy atom. The number of para-hydroxylation sites is 2. The number of anilines is 2. The smallest absolute Gasteiger partial charge is 0.262 e. The average molecular weight is 370 g/mol. The van der Waals surface area contributed by atoms with E-state index in [1.807, 2.05) is 0 Å². The summed E-state index contributed by atoms with van der Waals surface area (Å²) in [6, 6.07) is 19.8. The van der Waals surface area contributed by atoms with Crippen molar-refractivity contribution in [3.05, 3.63) is 90.2 Å². The van der Waals surface area contributed by atoms with Crippen LogP contribution < -0.4 is 10.0 Å². The monoisotopic (exact) mass is 370 g/mol. The summed E-state index contributed by atoms with van der Waals surface area (Å²) < 4.78 is 41.3. The molecule has 0 spiro atoms. The quantitative estimate of drug-likeness (QED) is 0.716. The Hall–Kier alpha value is -3.19. The fourth-order valence-electron chi connectivity index (χ4n) is 2.35. The first-order valence-electron chi connectivity index (χ1n) is 7.70. The standard InChI is InChI=1S/C19H15FN2O3S/c20-16-11-5-6-12-17(16)22-26(24,25)18-13-7-4-10-15(18)19(23)21-14-8-2-1-3-9-14/h1-13,22H,(H,21,23). The third-order valence-electron chi connectivity index (χ3n) is 3.57.